The van der Waals surface area contributed by atoms with Gasteiger partial charge in [-0.1, -0.05) is 6.92 Å². The molecule has 1 saturated heterocycles. The number of hydrogen-bond acceptors (Lipinski definition) is 8. The van der Waals surface area contributed by atoms with Crippen molar-refractivity contribution in [3.05, 3.63) is 65.9 Å². The maximum atomic E-state index is 14.8. The Morgan fingerprint density at radius 2 is 1.89 bits per heavy atom. The molecule has 4 rings (SSSR count). The minimum atomic E-state index is -1.10. The molecule has 0 spiro atoms. The summed E-state index contributed by atoms with van der Waals surface area (Å²) in [6, 6.07) is 5.04. The number of anilines is 2. The number of aromatic nitrogens is 2. The van der Waals surface area contributed by atoms with Gasteiger partial charge < -0.3 is 30.5 Å². The number of aliphatic hydroxyl groups excluding tert-OH is 1. The van der Waals surface area contributed by atoms with E-state index in [1.165, 1.54) is 13.3 Å². The highest BCUT2D eigenvalue weighted by Gasteiger charge is 2.32. The number of rotatable bonds is 8. The SMILES string of the molecule is COCCOc1cc(F)c(-c2nc(C(=O)Nc3cnccc3N3CC(C)C(O)C(N)C3)ccc2F)c(F)c1. The standard InChI is InChI=1S/C26H28F3N5O4/c1-14-12-34(13-19(30)25(14)35)22-5-6-31-11-21(22)33-26(36)20-4-3-16(27)24(32-20)23-17(28)9-15(10-18(23)29)38-8-7-37-2/h3-6,9-11,14,19,25,35H,7-8,12-13,30H2,1-2H3,(H,33,36). The smallest absolute Gasteiger partial charge is 0.274 e. The fourth-order valence-corrected chi connectivity index (χ4v) is 4.30. The quantitative estimate of drug-likeness (QED) is 0.379. The number of ether oxygens (including phenoxy) is 2. The second-order valence-corrected chi connectivity index (χ2v) is 9.01. The van der Waals surface area contributed by atoms with Gasteiger partial charge in [0.2, 0.25) is 0 Å². The average Bonchev–Trinajstić information content (AvgIpc) is 2.88. The van der Waals surface area contributed by atoms with Gasteiger partial charge in [-0.05, 0) is 18.2 Å². The zero-order chi connectivity index (χ0) is 27.4. The summed E-state index contributed by atoms with van der Waals surface area (Å²) in [6.45, 7) is 2.99. The lowest BCUT2D eigenvalue weighted by atomic mass is 9.92. The summed E-state index contributed by atoms with van der Waals surface area (Å²) < 4.78 is 54.3. The number of carbonyl (C=O) groups excluding carboxylic acids is 1. The number of hydrogen-bond donors (Lipinski definition) is 3. The van der Waals surface area contributed by atoms with Gasteiger partial charge in [-0.2, -0.15) is 0 Å². The second-order valence-electron chi connectivity index (χ2n) is 9.01. The molecule has 0 bridgehead atoms. The van der Waals surface area contributed by atoms with E-state index < -0.39 is 46.8 Å². The first-order valence-electron chi connectivity index (χ1n) is 11.9. The van der Waals surface area contributed by atoms with E-state index in [2.05, 4.69) is 15.3 Å². The number of amides is 1. The van der Waals surface area contributed by atoms with Gasteiger partial charge in [0.15, 0.2) is 0 Å². The van der Waals surface area contributed by atoms with Crippen LogP contribution in [0.2, 0.25) is 0 Å². The minimum absolute atomic E-state index is 0.0657. The predicted molar refractivity (Wildman–Crippen MR) is 134 cm³/mol. The van der Waals surface area contributed by atoms with Crippen LogP contribution in [0.4, 0.5) is 24.5 Å². The van der Waals surface area contributed by atoms with Crippen LogP contribution in [0.15, 0.2) is 42.7 Å². The first-order chi connectivity index (χ1) is 18.2. The van der Waals surface area contributed by atoms with Gasteiger partial charge in [-0.25, -0.2) is 18.2 Å². The predicted octanol–water partition coefficient (Wildman–Crippen LogP) is 2.98. The summed E-state index contributed by atoms with van der Waals surface area (Å²) in [7, 11) is 1.45. The van der Waals surface area contributed by atoms with Crippen LogP contribution in [-0.4, -0.2) is 66.5 Å². The summed E-state index contributed by atoms with van der Waals surface area (Å²) in [5.74, 6) is -4.17. The van der Waals surface area contributed by atoms with Crippen molar-refractivity contribution in [3.63, 3.8) is 0 Å². The van der Waals surface area contributed by atoms with Crippen molar-refractivity contribution < 1.29 is 32.5 Å². The summed E-state index contributed by atoms with van der Waals surface area (Å²) in [4.78, 5) is 23.0. The van der Waals surface area contributed by atoms with E-state index in [1.807, 2.05) is 11.8 Å². The first-order valence-corrected chi connectivity index (χ1v) is 11.9. The normalized spacial score (nSPS) is 19.3. The molecule has 1 aliphatic rings. The van der Waals surface area contributed by atoms with Gasteiger partial charge >= 0.3 is 0 Å². The highest BCUT2D eigenvalue weighted by molar-refractivity contribution is 6.04. The Hall–Kier alpha value is -3.74. The minimum Gasteiger partial charge on any atom is -0.491 e. The van der Waals surface area contributed by atoms with E-state index in [1.54, 1.807) is 12.3 Å². The van der Waals surface area contributed by atoms with Crippen molar-refractivity contribution in [2.24, 2.45) is 11.7 Å². The Labute approximate surface area is 217 Å². The van der Waals surface area contributed by atoms with Crippen molar-refractivity contribution in [1.29, 1.82) is 0 Å². The van der Waals surface area contributed by atoms with Crippen LogP contribution in [0.5, 0.6) is 5.75 Å². The van der Waals surface area contributed by atoms with Gasteiger partial charge in [-0.3, -0.25) is 9.78 Å². The number of piperidine rings is 1. The number of methoxy groups -OCH3 is 1. The molecule has 3 unspecified atom stereocenters. The molecule has 1 amide bonds. The fourth-order valence-electron chi connectivity index (χ4n) is 4.30. The largest absolute Gasteiger partial charge is 0.491 e. The maximum absolute atomic E-state index is 14.8. The van der Waals surface area contributed by atoms with Crippen LogP contribution in [0, 0.1) is 23.4 Å². The molecule has 12 heteroatoms. The number of nitrogens with two attached hydrogens (primary N) is 1. The number of nitrogens with one attached hydrogen (secondary N) is 1. The average molecular weight is 532 g/mol. The number of benzene rings is 1. The van der Waals surface area contributed by atoms with E-state index in [9.17, 15) is 23.1 Å². The molecule has 3 heterocycles. The number of pyridine rings is 2. The highest BCUT2D eigenvalue weighted by atomic mass is 19.1. The van der Waals surface area contributed by atoms with Crippen molar-refractivity contribution in [2.75, 3.05) is 43.6 Å². The lowest BCUT2D eigenvalue weighted by Crippen LogP contribution is -2.55. The number of nitrogens with zero attached hydrogens (tertiary/aromatic N) is 3. The van der Waals surface area contributed by atoms with Gasteiger partial charge in [0.1, 0.15) is 41.2 Å². The van der Waals surface area contributed by atoms with E-state index in [0.29, 0.717) is 24.5 Å². The lowest BCUT2D eigenvalue weighted by Gasteiger charge is -2.40. The molecule has 2 aromatic heterocycles. The van der Waals surface area contributed by atoms with Crippen LogP contribution in [0.3, 0.4) is 0 Å². The van der Waals surface area contributed by atoms with Crippen molar-refractivity contribution in [3.8, 4) is 17.0 Å². The zero-order valence-corrected chi connectivity index (χ0v) is 20.8. The van der Waals surface area contributed by atoms with Gasteiger partial charge in [0, 0.05) is 50.5 Å². The van der Waals surface area contributed by atoms with Crippen LogP contribution in [-0.2, 0) is 4.74 Å². The Bertz CT molecular complexity index is 1280. The monoisotopic (exact) mass is 531 g/mol. The Balaban J connectivity index is 1.59. The van der Waals surface area contributed by atoms with Gasteiger partial charge in [-0.15, -0.1) is 0 Å². The Kier molecular flexibility index (Phi) is 8.45. The van der Waals surface area contributed by atoms with Crippen LogP contribution < -0.4 is 20.7 Å². The zero-order valence-electron chi connectivity index (χ0n) is 20.8. The third-order valence-electron chi connectivity index (χ3n) is 6.24. The molecule has 202 valence electrons. The Morgan fingerprint density at radius 3 is 2.58 bits per heavy atom. The van der Waals surface area contributed by atoms with E-state index >= 15 is 0 Å². The molecule has 3 aromatic rings. The molecular formula is C26H28F3N5O4. The van der Waals surface area contributed by atoms with Crippen molar-refractivity contribution in [1.82, 2.24) is 9.97 Å². The van der Waals surface area contributed by atoms with Crippen molar-refractivity contribution in [2.45, 2.75) is 19.1 Å². The number of halogens is 3. The first kappa shape index (κ1) is 27.3. The molecule has 1 fully saturated rings. The molecule has 0 radical (unpaired) electrons. The molecular weight excluding hydrogens is 503 g/mol. The Morgan fingerprint density at radius 1 is 1.16 bits per heavy atom. The third-order valence-corrected chi connectivity index (χ3v) is 6.24. The van der Waals surface area contributed by atoms with Crippen LogP contribution in [0.25, 0.3) is 11.3 Å². The lowest BCUT2D eigenvalue weighted by molar-refractivity contribution is 0.0785. The molecule has 0 aliphatic carbocycles. The molecule has 4 N–H and O–H groups in total. The molecule has 0 saturated carbocycles. The number of carbonyl (C=O) groups is 1. The maximum Gasteiger partial charge on any atom is 0.274 e. The summed E-state index contributed by atoms with van der Waals surface area (Å²) in [6.07, 6.45) is 2.33. The van der Waals surface area contributed by atoms with Crippen LogP contribution >= 0.6 is 0 Å². The highest BCUT2D eigenvalue weighted by Crippen LogP contribution is 2.32. The van der Waals surface area contributed by atoms with Gasteiger partial charge in [0.25, 0.3) is 5.91 Å². The van der Waals surface area contributed by atoms with Crippen molar-refractivity contribution >= 4 is 17.3 Å². The molecule has 9 nitrogen and oxygen atoms in total. The third kappa shape index (κ3) is 5.87. The second kappa shape index (κ2) is 11.8. The van der Waals surface area contributed by atoms with Crippen LogP contribution in [0.1, 0.15) is 17.4 Å². The fraction of sp³-hybridized carbons (Fsp3) is 0.346. The summed E-state index contributed by atoms with van der Waals surface area (Å²) in [5, 5.41) is 12.9. The molecule has 1 aromatic carbocycles. The molecule has 1 aliphatic heterocycles. The number of aliphatic hydroxyl groups is 1. The topological polar surface area (TPSA) is 123 Å². The van der Waals surface area contributed by atoms with Gasteiger partial charge in [0.05, 0.1) is 35.8 Å². The van der Waals surface area contributed by atoms with E-state index in [4.69, 9.17) is 15.2 Å². The molecule has 3 atom stereocenters. The van der Waals surface area contributed by atoms with E-state index in [0.717, 1.165) is 24.3 Å². The summed E-state index contributed by atoms with van der Waals surface area (Å²) in [5.41, 5.74) is 5.36. The summed E-state index contributed by atoms with van der Waals surface area (Å²) >= 11 is 0. The molecule has 38 heavy (non-hydrogen) atoms. The van der Waals surface area contributed by atoms with E-state index in [-0.39, 0.29) is 30.6 Å².